The Kier molecular flexibility index (Phi) is 3.67. The van der Waals surface area contributed by atoms with Crippen molar-refractivity contribution in [3.63, 3.8) is 0 Å². The number of carbonyl (C=O) groups excluding carboxylic acids is 2. The quantitative estimate of drug-likeness (QED) is 0.347. The Hall–Kier alpha value is -2.11. The van der Waals surface area contributed by atoms with Gasteiger partial charge in [0.05, 0.1) is 5.56 Å². The van der Waals surface area contributed by atoms with Gasteiger partial charge in [0.25, 0.3) is 0 Å². The Morgan fingerprint density at radius 1 is 1.29 bits per heavy atom. The number of benzene rings is 1. The van der Waals surface area contributed by atoms with Crippen molar-refractivity contribution in [2.24, 2.45) is 0 Å². The maximum absolute atomic E-state index is 13.4. The number of carbonyl (C=O) groups is 2. The average molecular weight is 244 g/mol. The smallest absolute Gasteiger partial charge is 0.349 e. The van der Waals surface area contributed by atoms with Gasteiger partial charge in [-0.25, -0.2) is 22.8 Å². The molecule has 0 radical (unpaired) electrons. The van der Waals surface area contributed by atoms with Gasteiger partial charge in [0, 0.05) is 11.6 Å². The molecule has 0 aliphatic rings. The first-order chi connectivity index (χ1) is 7.88. The zero-order valence-corrected chi connectivity index (χ0v) is 8.72. The standard InChI is InChI=1S/C11H7F3O3/c1-3-8(15)17-11(16)6-4-7(12)10(14)5(2)9(6)13/h3-4H,1H2,2H3. The van der Waals surface area contributed by atoms with Crippen molar-refractivity contribution >= 4 is 11.9 Å². The Morgan fingerprint density at radius 3 is 2.41 bits per heavy atom. The fraction of sp³-hybridized carbons (Fsp3) is 0.0909. The van der Waals surface area contributed by atoms with E-state index in [0.717, 1.165) is 6.92 Å². The highest BCUT2D eigenvalue weighted by molar-refractivity contribution is 6.00. The molecule has 0 spiro atoms. The monoisotopic (exact) mass is 244 g/mol. The van der Waals surface area contributed by atoms with Gasteiger partial charge in [-0.3, -0.25) is 0 Å². The summed E-state index contributed by atoms with van der Waals surface area (Å²) in [6.45, 7) is 3.98. The molecule has 1 aromatic carbocycles. The minimum absolute atomic E-state index is 0.330. The molecule has 3 nitrogen and oxygen atoms in total. The molecule has 0 aromatic heterocycles. The van der Waals surface area contributed by atoms with Crippen molar-refractivity contribution in [1.29, 1.82) is 0 Å². The molecule has 1 aromatic rings. The molecule has 0 aliphatic heterocycles. The van der Waals surface area contributed by atoms with Crippen LogP contribution in [0.2, 0.25) is 0 Å². The lowest BCUT2D eigenvalue weighted by Crippen LogP contribution is -2.14. The third-order valence-corrected chi connectivity index (χ3v) is 1.96. The van der Waals surface area contributed by atoms with Gasteiger partial charge in [0.2, 0.25) is 0 Å². The molecule has 0 atom stereocenters. The van der Waals surface area contributed by atoms with Crippen molar-refractivity contribution in [2.45, 2.75) is 6.92 Å². The van der Waals surface area contributed by atoms with Crippen LogP contribution in [0, 0.1) is 24.4 Å². The van der Waals surface area contributed by atoms with Gasteiger partial charge >= 0.3 is 11.9 Å². The molecule has 0 N–H and O–H groups in total. The van der Waals surface area contributed by atoms with E-state index >= 15 is 0 Å². The van der Waals surface area contributed by atoms with Crippen LogP contribution in [-0.2, 0) is 9.53 Å². The first kappa shape index (κ1) is 13.0. The van der Waals surface area contributed by atoms with Crippen LogP contribution in [0.4, 0.5) is 13.2 Å². The van der Waals surface area contributed by atoms with Crippen LogP contribution in [0.25, 0.3) is 0 Å². The van der Waals surface area contributed by atoms with E-state index in [0.29, 0.717) is 12.1 Å². The lowest BCUT2D eigenvalue weighted by molar-refractivity contribution is -0.132. The molecule has 0 saturated heterocycles. The number of esters is 2. The summed E-state index contributed by atoms with van der Waals surface area (Å²) in [5, 5.41) is 0. The zero-order valence-electron chi connectivity index (χ0n) is 8.72. The van der Waals surface area contributed by atoms with Gasteiger partial charge in [0.1, 0.15) is 5.82 Å². The number of rotatable bonds is 2. The second-order valence-corrected chi connectivity index (χ2v) is 3.07. The molecule has 0 heterocycles. The second kappa shape index (κ2) is 4.82. The fourth-order valence-electron chi connectivity index (χ4n) is 1.07. The number of hydrogen-bond donors (Lipinski definition) is 0. The molecule has 0 saturated carbocycles. The summed E-state index contributed by atoms with van der Waals surface area (Å²) in [7, 11) is 0. The molecule has 0 amide bonds. The van der Waals surface area contributed by atoms with E-state index in [4.69, 9.17) is 0 Å². The predicted octanol–water partition coefficient (Wildman–Crippen LogP) is 2.28. The minimum Gasteiger partial charge on any atom is -0.386 e. The molecule has 1 rings (SSSR count). The molecule has 90 valence electrons. The molecular weight excluding hydrogens is 237 g/mol. The van der Waals surface area contributed by atoms with E-state index in [1.807, 2.05) is 0 Å². The largest absolute Gasteiger partial charge is 0.386 e. The van der Waals surface area contributed by atoms with Gasteiger partial charge in [-0.2, -0.15) is 0 Å². The maximum atomic E-state index is 13.4. The summed E-state index contributed by atoms with van der Waals surface area (Å²) in [6, 6.07) is 0.330. The summed E-state index contributed by atoms with van der Waals surface area (Å²) in [6.07, 6.45) is 0.683. The fourth-order valence-corrected chi connectivity index (χ4v) is 1.07. The van der Waals surface area contributed by atoms with E-state index in [2.05, 4.69) is 11.3 Å². The summed E-state index contributed by atoms with van der Waals surface area (Å²) in [5.41, 5.74) is -1.51. The van der Waals surface area contributed by atoms with Gasteiger partial charge in [-0.05, 0) is 13.0 Å². The number of hydrogen-bond acceptors (Lipinski definition) is 3. The topological polar surface area (TPSA) is 43.4 Å². The molecule has 17 heavy (non-hydrogen) atoms. The summed E-state index contributed by atoms with van der Waals surface area (Å²) in [5.74, 6) is -6.59. The van der Waals surface area contributed by atoms with Crippen molar-refractivity contribution in [3.05, 3.63) is 47.3 Å². The molecule has 6 heteroatoms. The summed E-state index contributed by atoms with van der Waals surface area (Å²) in [4.78, 5) is 21.9. The third-order valence-electron chi connectivity index (χ3n) is 1.96. The van der Waals surface area contributed by atoms with Crippen molar-refractivity contribution in [3.8, 4) is 0 Å². The van der Waals surface area contributed by atoms with Crippen LogP contribution in [-0.4, -0.2) is 11.9 Å². The summed E-state index contributed by atoms with van der Waals surface area (Å²) >= 11 is 0. The highest BCUT2D eigenvalue weighted by Gasteiger charge is 2.22. The van der Waals surface area contributed by atoms with E-state index < -0.39 is 40.5 Å². The minimum atomic E-state index is -1.41. The average Bonchev–Trinajstić information content (AvgIpc) is 2.30. The summed E-state index contributed by atoms with van der Waals surface area (Å²) < 4.78 is 43.4. The molecule has 0 fully saturated rings. The third kappa shape index (κ3) is 2.52. The lowest BCUT2D eigenvalue weighted by Gasteiger charge is -2.06. The van der Waals surface area contributed by atoms with E-state index in [1.165, 1.54) is 0 Å². The first-order valence-electron chi connectivity index (χ1n) is 4.41. The Labute approximate surface area is 94.5 Å². The Balaban J connectivity index is 3.19. The van der Waals surface area contributed by atoms with E-state index in [-0.39, 0.29) is 0 Å². The highest BCUT2D eigenvalue weighted by Crippen LogP contribution is 2.20. The van der Waals surface area contributed by atoms with Crippen LogP contribution < -0.4 is 0 Å². The van der Waals surface area contributed by atoms with Gasteiger partial charge in [0.15, 0.2) is 11.6 Å². The van der Waals surface area contributed by atoms with Crippen LogP contribution in [0.15, 0.2) is 18.7 Å². The van der Waals surface area contributed by atoms with Crippen molar-refractivity contribution < 1.29 is 27.5 Å². The van der Waals surface area contributed by atoms with Gasteiger partial charge in [-0.15, -0.1) is 0 Å². The van der Waals surface area contributed by atoms with Crippen molar-refractivity contribution in [1.82, 2.24) is 0 Å². The number of ether oxygens (including phenoxy) is 1. The highest BCUT2D eigenvalue weighted by atomic mass is 19.2. The van der Waals surface area contributed by atoms with Gasteiger partial charge in [-0.1, -0.05) is 6.58 Å². The zero-order chi connectivity index (χ0) is 13.2. The van der Waals surface area contributed by atoms with E-state index in [1.54, 1.807) is 0 Å². The van der Waals surface area contributed by atoms with Crippen LogP contribution in [0.3, 0.4) is 0 Å². The Morgan fingerprint density at radius 2 is 1.88 bits per heavy atom. The second-order valence-electron chi connectivity index (χ2n) is 3.07. The molecular formula is C11H7F3O3. The van der Waals surface area contributed by atoms with Crippen LogP contribution in [0.1, 0.15) is 15.9 Å². The number of halogens is 3. The van der Waals surface area contributed by atoms with Crippen LogP contribution >= 0.6 is 0 Å². The Bertz CT molecular complexity index is 509. The van der Waals surface area contributed by atoms with Crippen LogP contribution in [0.5, 0.6) is 0 Å². The SMILES string of the molecule is C=CC(=O)OC(=O)c1cc(F)c(F)c(C)c1F. The molecule has 0 aliphatic carbocycles. The van der Waals surface area contributed by atoms with Gasteiger partial charge < -0.3 is 4.74 Å². The van der Waals surface area contributed by atoms with Crippen molar-refractivity contribution in [2.75, 3.05) is 0 Å². The predicted molar refractivity (Wildman–Crippen MR) is 51.7 cm³/mol. The first-order valence-corrected chi connectivity index (χ1v) is 4.41. The van der Waals surface area contributed by atoms with E-state index in [9.17, 15) is 22.8 Å². The maximum Gasteiger partial charge on any atom is 0.349 e. The normalized spacial score (nSPS) is 9.88. The molecule has 0 unspecified atom stereocenters. The molecule has 0 bridgehead atoms. The lowest BCUT2D eigenvalue weighted by atomic mass is 10.1.